The molecule has 0 radical (unpaired) electrons. The van der Waals surface area contributed by atoms with Crippen LogP contribution in [0.25, 0.3) is 0 Å². The third-order valence-electron chi connectivity index (χ3n) is 2.14. The van der Waals surface area contributed by atoms with Crippen molar-refractivity contribution in [3.8, 4) is 0 Å². The largest absolute Gasteiger partial charge is 0.383 e. The number of benzene rings is 1. The van der Waals surface area contributed by atoms with Gasteiger partial charge in [0.05, 0.1) is 6.61 Å². The summed E-state index contributed by atoms with van der Waals surface area (Å²) in [6, 6.07) is 5.03. The molecule has 1 amide bonds. The van der Waals surface area contributed by atoms with E-state index >= 15 is 0 Å². The van der Waals surface area contributed by atoms with Crippen LogP contribution >= 0.6 is 15.9 Å². The number of hydrogen-bond donors (Lipinski definition) is 2. The molecule has 1 aromatic carbocycles. The number of ether oxygens (including phenoxy) is 1. The van der Waals surface area contributed by atoms with Crippen LogP contribution in [0.4, 0.5) is 5.69 Å². The van der Waals surface area contributed by atoms with Gasteiger partial charge in [0.25, 0.3) is 0 Å². The third-order valence-corrected chi connectivity index (χ3v) is 2.63. The molecular weight excluding hydrogens is 272 g/mol. The topological polar surface area (TPSA) is 64.3 Å². The predicted molar refractivity (Wildman–Crippen MR) is 67.4 cm³/mol. The molecule has 1 rings (SSSR count). The molecule has 1 unspecified atom stereocenters. The zero-order chi connectivity index (χ0) is 12.1. The molecular formula is C11H15BrN2O2. The zero-order valence-corrected chi connectivity index (χ0v) is 10.9. The highest BCUT2D eigenvalue weighted by atomic mass is 79.9. The van der Waals surface area contributed by atoms with Gasteiger partial charge in [0.2, 0.25) is 5.91 Å². The van der Waals surface area contributed by atoms with Crippen molar-refractivity contribution in [1.29, 1.82) is 0 Å². The predicted octanol–water partition coefficient (Wildman–Crippen LogP) is 1.67. The van der Waals surface area contributed by atoms with E-state index in [-0.39, 0.29) is 12.5 Å². The van der Waals surface area contributed by atoms with E-state index in [1.165, 1.54) is 7.11 Å². The summed E-state index contributed by atoms with van der Waals surface area (Å²) >= 11 is 3.35. The highest BCUT2D eigenvalue weighted by molar-refractivity contribution is 9.10. The molecule has 4 nitrogen and oxygen atoms in total. The molecule has 0 saturated heterocycles. The van der Waals surface area contributed by atoms with Gasteiger partial charge in [-0.15, -0.1) is 0 Å². The summed E-state index contributed by atoms with van der Waals surface area (Å²) in [6.45, 7) is 2.13. The normalized spacial score (nSPS) is 12.2. The molecule has 0 heterocycles. The van der Waals surface area contributed by atoms with Crippen molar-refractivity contribution in [3.63, 3.8) is 0 Å². The van der Waals surface area contributed by atoms with Crippen LogP contribution in [0.5, 0.6) is 0 Å². The Morgan fingerprint density at radius 1 is 1.62 bits per heavy atom. The van der Waals surface area contributed by atoms with Gasteiger partial charge in [0, 0.05) is 17.3 Å². The van der Waals surface area contributed by atoms with Gasteiger partial charge in [-0.05, 0) is 24.6 Å². The molecule has 16 heavy (non-hydrogen) atoms. The van der Waals surface area contributed by atoms with E-state index in [9.17, 15) is 4.79 Å². The molecule has 0 spiro atoms. The van der Waals surface area contributed by atoms with Gasteiger partial charge < -0.3 is 15.8 Å². The number of halogens is 1. The smallest absolute Gasteiger partial charge is 0.243 e. The van der Waals surface area contributed by atoms with Crippen LogP contribution in [0.1, 0.15) is 5.56 Å². The average Bonchev–Trinajstić information content (AvgIpc) is 2.23. The monoisotopic (exact) mass is 286 g/mol. The Hall–Kier alpha value is -0.910. The van der Waals surface area contributed by atoms with Gasteiger partial charge in [0.1, 0.15) is 6.04 Å². The van der Waals surface area contributed by atoms with Gasteiger partial charge in [-0.3, -0.25) is 4.79 Å². The highest BCUT2D eigenvalue weighted by Crippen LogP contribution is 2.20. The standard InChI is InChI=1S/C11H15BrN2O2/c1-7-3-4-8(12)5-10(7)14-11(15)9(13)6-16-2/h3-5,9H,6,13H2,1-2H3,(H,14,15). The summed E-state index contributed by atoms with van der Waals surface area (Å²) in [5, 5.41) is 2.76. The first-order valence-electron chi connectivity index (χ1n) is 4.86. The molecule has 0 aromatic heterocycles. The summed E-state index contributed by atoms with van der Waals surface area (Å²) in [5.41, 5.74) is 7.36. The van der Waals surface area contributed by atoms with E-state index in [0.29, 0.717) is 0 Å². The second-order valence-electron chi connectivity index (χ2n) is 3.51. The van der Waals surface area contributed by atoms with Crippen LogP contribution in [-0.2, 0) is 9.53 Å². The van der Waals surface area contributed by atoms with Gasteiger partial charge in [-0.25, -0.2) is 0 Å². The second-order valence-corrected chi connectivity index (χ2v) is 4.43. The maximum absolute atomic E-state index is 11.6. The number of amides is 1. The molecule has 0 bridgehead atoms. The molecule has 0 fully saturated rings. The fourth-order valence-electron chi connectivity index (χ4n) is 1.21. The zero-order valence-electron chi connectivity index (χ0n) is 9.29. The van der Waals surface area contributed by atoms with Crippen molar-refractivity contribution in [2.45, 2.75) is 13.0 Å². The number of hydrogen-bond acceptors (Lipinski definition) is 3. The molecule has 1 aromatic rings. The van der Waals surface area contributed by atoms with Crippen molar-refractivity contribution >= 4 is 27.5 Å². The first-order chi connectivity index (χ1) is 7.54. The molecule has 0 saturated carbocycles. The summed E-state index contributed by atoms with van der Waals surface area (Å²) in [7, 11) is 1.51. The van der Waals surface area contributed by atoms with Crippen molar-refractivity contribution in [1.82, 2.24) is 0 Å². The van der Waals surface area contributed by atoms with Crippen LogP contribution in [0.3, 0.4) is 0 Å². The van der Waals surface area contributed by atoms with E-state index in [1.54, 1.807) is 0 Å². The number of rotatable bonds is 4. The van der Waals surface area contributed by atoms with Crippen LogP contribution in [0.15, 0.2) is 22.7 Å². The Balaban J connectivity index is 2.72. The van der Waals surface area contributed by atoms with Gasteiger partial charge in [-0.2, -0.15) is 0 Å². The van der Waals surface area contributed by atoms with Gasteiger partial charge >= 0.3 is 0 Å². The highest BCUT2D eigenvalue weighted by Gasteiger charge is 2.13. The quantitative estimate of drug-likeness (QED) is 0.885. The Labute approximate surface area is 103 Å². The summed E-state index contributed by atoms with van der Waals surface area (Å²) < 4.78 is 5.73. The van der Waals surface area contributed by atoms with Crippen molar-refractivity contribution < 1.29 is 9.53 Å². The average molecular weight is 287 g/mol. The molecule has 88 valence electrons. The van der Waals surface area contributed by atoms with Crippen LogP contribution in [-0.4, -0.2) is 25.7 Å². The Bertz CT molecular complexity index is 382. The number of nitrogens with one attached hydrogen (secondary N) is 1. The number of carbonyl (C=O) groups excluding carboxylic acids is 1. The lowest BCUT2D eigenvalue weighted by molar-refractivity contribution is -0.118. The molecule has 0 aliphatic heterocycles. The Morgan fingerprint density at radius 3 is 2.94 bits per heavy atom. The molecule has 0 aliphatic rings. The lowest BCUT2D eigenvalue weighted by Gasteiger charge is -2.13. The van der Waals surface area contributed by atoms with Crippen molar-refractivity contribution in [2.24, 2.45) is 5.73 Å². The van der Waals surface area contributed by atoms with E-state index in [2.05, 4.69) is 21.2 Å². The minimum absolute atomic E-state index is 0.207. The molecule has 5 heteroatoms. The Kier molecular flexibility index (Phi) is 4.92. The van der Waals surface area contributed by atoms with Crippen LogP contribution in [0, 0.1) is 6.92 Å². The fourth-order valence-corrected chi connectivity index (χ4v) is 1.57. The number of nitrogens with two attached hydrogens (primary N) is 1. The van der Waals surface area contributed by atoms with Crippen LogP contribution in [0.2, 0.25) is 0 Å². The number of aryl methyl sites for hydroxylation is 1. The second kappa shape index (κ2) is 5.98. The van der Waals surface area contributed by atoms with Crippen LogP contribution < -0.4 is 11.1 Å². The van der Waals surface area contributed by atoms with E-state index in [0.717, 1.165) is 15.7 Å². The van der Waals surface area contributed by atoms with Crippen molar-refractivity contribution in [2.75, 3.05) is 19.0 Å². The minimum atomic E-state index is -0.650. The summed E-state index contributed by atoms with van der Waals surface area (Å²) in [5.74, 6) is -0.247. The number of methoxy groups -OCH3 is 1. The Morgan fingerprint density at radius 2 is 2.31 bits per heavy atom. The summed E-state index contributed by atoms with van der Waals surface area (Å²) in [4.78, 5) is 11.6. The van der Waals surface area contributed by atoms with E-state index < -0.39 is 6.04 Å². The number of anilines is 1. The van der Waals surface area contributed by atoms with Crippen molar-refractivity contribution in [3.05, 3.63) is 28.2 Å². The van der Waals surface area contributed by atoms with Gasteiger partial charge in [0.15, 0.2) is 0 Å². The third kappa shape index (κ3) is 3.59. The maximum atomic E-state index is 11.6. The SMILES string of the molecule is COCC(N)C(=O)Nc1cc(Br)ccc1C. The fraction of sp³-hybridized carbons (Fsp3) is 0.364. The molecule has 1 atom stereocenters. The molecule has 0 aliphatic carbocycles. The number of carbonyl (C=O) groups is 1. The van der Waals surface area contributed by atoms with Gasteiger partial charge in [-0.1, -0.05) is 22.0 Å². The summed E-state index contributed by atoms with van der Waals surface area (Å²) in [6.07, 6.45) is 0. The lowest BCUT2D eigenvalue weighted by Crippen LogP contribution is -2.39. The van der Waals surface area contributed by atoms with E-state index in [4.69, 9.17) is 10.5 Å². The lowest BCUT2D eigenvalue weighted by atomic mass is 10.2. The molecule has 3 N–H and O–H groups in total. The first kappa shape index (κ1) is 13.2. The van der Waals surface area contributed by atoms with E-state index in [1.807, 2.05) is 25.1 Å². The first-order valence-corrected chi connectivity index (χ1v) is 5.65. The maximum Gasteiger partial charge on any atom is 0.243 e. The minimum Gasteiger partial charge on any atom is -0.383 e.